The lowest BCUT2D eigenvalue weighted by molar-refractivity contribution is -0.384. The maximum atomic E-state index is 13.6. The van der Waals surface area contributed by atoms with Crippen LogP contribution in [-0.4, -0.2) is 28.8 Å². The van der Waals surface area contributed by atoms with Crippen molar-refractivity contribution in [2.45, 2.75) is 19.4 Å². The number of hydrogen-bond acceptors (Lipinski definition) is 5. The third-order valence-electron chi connectivity index (χ3n) is 6.17. The molecule has 3 aromatic carbocycles. The summed E-state index contributed by atoms with van der Waals surface area (Å²) < 4.78 is 13.6. The van der Waals surface area contributed by atoms with Crippen LogP contribution in [0.1, 0.15) is 29.5 Å². The maximum Gasteiger partial charge on any atom is 0.270 e. The molecular weight excluding hydrogens is 435 g/mol. The number of non-ortho nitro benzene ring substituents is 1. The van der Waals surface area contributed by atoms with Crippen LogP contribution >= 0.6 is 0 Å². The fourth-order valence-corrected chi connectivity index (χ4v) is 4.45. The number of anilines is 2. The van der Waals surface area contributed by atoms with Crippen LogP contribution in [0.4, 0.5) is 21.5 Å². The van der Waals surface area contributed by atoms with Gasteiger partial charge in [-0.3, -0.25) is 19.8 Å². The Kier molecular flexibility index (Phi) is 5.81. The second-order valence-electron chi connectivity index (χ2n) is 8.50. The smallest absolute Gasteiger partial charge is 0.270 e. The molecule has 0 atom stereocenters. The fourth-order valence-electron chi connectivity index (χ4n) is 4.45. The van der Waals surface area contributed by atoms with E-state index in [9.17, 15) is 19.3 Å². The van der Waals surface area contributed by atoms with Gasteiger partial charge >= 0.3 is 0 Å². The lowest BCUT2D eigenvalue weighted by Gasteiger charge is -2.17. The molecule has 8 heteroatoms. The number of fused-ring (bicyclic) bond motifs is 1. The minimum absolute atomic E-state index is 0.113. The molecule has 5 rings (SSSR count). The van der Waals surface area contributed by atoms with E-state index in [1.54, 1.807) is 12.1 Å². The number of nitrogens with zero attached hydrogens (tertiary/aromatic N) is 2. The van der Waals surface area contributed by atoms with Gasteiger partial charge in [0.05, 0.1) is 16.2 Å². The maximum absolute atomic E-state index is 13.6. The molecule has 7 nitrogen and oxygen atoms in total. The van der Waals surface area contributed by atoms with Gasteiger partial charge in [-0.2, -0.15) is 0 Å². The molecular formula is C26H23FN4O3. The highest BCUT2D eigenvalue weighted by molar-refractivity contribution is 6.37. The van der Waals surface area contributed by atoms with Crippen molar-refractivity contribution in [3.8, 4) is 0 Å². The van der Waals surface area contributed by atoms with Crippen LogP contribution in [0.25, 0.3) is 11.3 Å². The van der Waals surface area contributed by atoms with Crippen LogP contribution in [0.15, 0.2) is 66.7 Å². The van der Waals surface area contributed by atoms with Gasteiger partial charge in [0, 0.05) is 35.6 Å². The third-order valence-corrected chi connectivity index (χ3v) is 6.17. The predicted octanol–water partition coefficient (Wildman–Crippen LogP) is 5.26. The fraction of sp³-hybridized carbons (Fsp3) is 0.192. The normalized spacial score (nSPS) is 16.8. The minimum Gasteiger partial charge on any atom is -0.354 e. The van der Waals surface area contributed by atoms with E-state index in [1.807, 2.05) is 24.3 Å². The number of nitrogens with one attached hydrogen (secondary N) is 2. The molecule has 0 spiro atoms. The van der Waals surface area contributed by atoms with E-state index in [1.165, 1.54) is 48.7 Å². The molecule has 1 saturated heterocycles. The molecule has 2 aliphatic rings. The van der Waals surface area contributed by atoms with Gasteiger partial charge in [0.25, 0.3) is 11.6 Å². The van der Waals surface area contributed by atoms with Crippen molar-refractivity contribution in [2.75, 3.05) is 23.7 Å². The van der Waals surface area contributed by atoms with Gasteiger partial charge in [0.2, 0.25) is 0 Å². The second-order valence-corrected chi connectivity index (χ2v) is 8.50. The van der Waals surface area contributed by atoms with E-state index in [0.717, 1.165) is 25.3 Å². The number of nitro groups is 1. The van der Waals surface area contributed by atoms with Crippen molar-refractivity contribution in [2.24, 2.45) is 0 Å². The molecule has 2 heterocycles. The van der Waals surface area contributed by atoms with E-state index in [0.29, 0.717) is 22.5 Å². The number of benzene rings is 3. The zero-order valence-electron chi connectivity index (χ0n) is 18.4. The highest BCUT2D eigenvalue weighted by atomic mass is 19.1. The molecule has 2 aliphatic heterocycles. The molecule has 3 aromatic rings. The summed E-state index contributed by atoms with van der Waals surface area (Å²) in [5.41, 5.74) is 4.07. The van der Waals surface area contributed by atoms with Gasteiger partial charge in [-0.1, -0.05) is 12.1 Å². The SMILES string of the molecule is O=C1Nc2ccc([N+](=O)[O-])cc2/C1=C(/Nc1ccc(CN2CCCC2)cc1)c1ccc(F)cc1. The Bertz CT molecular complexity index is 1280. The van der Waals surface area contributed by atoms with Gasteiger partial charge < -0.3 is 10.6 Å². The number of rotatable bonds is 6. The summed E-state index contributed by atoms with van der Waals surface area (Å²) >= 11 is 0. The molecule has 0 unspecified atom stereocenters. The van der Waals surface area contributed by atoms with Crippen LogP contribution < -0.4 is 10.6 Å². The van der Waals surface area contributed by atoms with Gasteiger partial charge in [0.1, 0.15) is 5.82 Å². The van der Waals surface area contributed by atoms with Crippen molar-refractivity contribution in [1.82, 2.24) is 4.90 Å². The van der Waals surface area contributed by atoms with Crippen molar-refractivity contribution in [1.29, 1.82) is 0 Å². The van der Waals surface area contributed by atoms with E-state index < -0.39 is 10.7 Å². The molecule has 34 heavy (non-hydrogen) atoms. The van der Waals surface area contributed by atoms with Crippen LogP contribution in [0.5, 0.6) is 0 Å². The van der Waals surface area contributed by atoms with Gasteiger partial charge in [0.15, 0.2) is 0 Å². The molecule has 0 bridgehead atoms. The Morgan fingerprint density at radius 2 is 1.74 bits per heavy atom. The Hall–Kier alpha value is -4.04. The molecule has 1 amide bonds. The average Bonchev–Trinajstić information content (AvgIpc) is 3.45. The first-order chi connectivity index (χ1) is 16.5. The van der Waals surface area contributed by atoms with Crippen molar-refractivity contribution >= 4 is 34.2 Å². The molecule has 2 N–H and O–H groups in total. The second kappa shape index (κ2) is 9.07. The van der Waals surface area contributed by atoms with Gasteiger partial charge in [-0.25, -0.2) is 4.39 Å². The first-order valence-electron chi connectivity index (χ1n) is 11.2. The summed E-state index contributed by atoms with van der Waals surface area (Å²) in [6, 6.07) is 18.0. The largest absolute Gasteiger partial charge is 0.354 e. The standard InChI is InChI=1S/C26H23FN4O3/c27-19-7-5-18(6-8-19)25(24-22-15-21(31(33)34)11-12-23(22)29-26(24)32)28-20-9-3-17(4-10-20)16-30-13-1-2-14-30/h3-12,15,28H,1-2,13-14,16H2,(H,29,32)/b25-24-. The van der Waals surface area contributed by atoms with Gasteiger partial charge in [-0.15, -0.1) is 0 Å². The lowest BCUT2D eigenvalue weighted by atomic mass is 9.99. The number of carbonyl (C=O) groups excluding carboxylic acids is 1. The quantitative estimate of drug-likeness (QED) is 0.299. The third kappa shape index (κ3) is 4.40. The first-order valence-corrected chi connectivity index (χ1v) is 11.2. The van der Waals surface area contributed by atoms with Crippen LogP contribution in [-0.2, 0) is 11.3 Å². The summed E-state index contributed by atoms with van der Waals surface area (Å²) in [5, 5.41) is 17.4. The van der Waals surface area contributed by atoms with E-state index in [2.05, 4.69) is 15.5 Å². The summed E-state index contributed by atoms with van der Waals surface area (Å²) in [5.74, 6) is -0.778. The highest BCUT2D eigenvalue weighted by Gasteiger charge is 2.30. The predicted molar refractivity (Wildman–Crippen MR) is 130 cm³/mol. The van der Waals surface area contributed by atoms with Gasteiger partial charge in [-0.05, 0) is 79.5 Å². The van der Waals surface area contributed by atoms with Crippen LogP contribution in [0, 0.1) is 15.9 Å². The topological polar surface area (TPSA) is 87.5 Å². The summed E-state index contributed by atoms with van der Waals surface area (Å²) in [7, 11) is 0. The van der Waals surface area contributed by atoms with Crippen molar-refractivity contribution in [3.63, 3.8) is 0 Å². The molecule has 172 valence electrons. The first kappa shape index (κ1) is 21.8. The Morgan fingerprint density at radius 3 is 2.41 bits per heavy atom. The van der Waals surface area contributed by atoms with Crippen molar-refractivity contribution < 1.29 is 14.1 Å². The number of halogens is 1. The monoisotopic (exact) mass is 458 g/mol. The lowest BCUT2D eigenvalue weighted by Crippen LogP contribution is -2.18. The number of hydrogen-bond donors (Lipinski definition) is 2. The van der Waals surface area contributed by atoms with E-state index in [4.69, 9.17) is 0 Å². The molecule has 0 saturated carbocycles. The number of carbonyl (C=O) groups is 1. The Balaban J connectivity index is 1.54. The molecule has 0 radical (unpaired) electrons. The number of amides is 1. The van der Waals surface area contributed by atoms with Crippen LogP contribution in [0.3, 0.4) is 0 Å². The van der Waals surface area contributed by atoms with Crippen molar-refractivity contribution in [3.05, 3.63) is 99.4 Å². The zero-order chi connectivity index (χ0) is 23.7. The Morgan fingerprint density at radius 1 is 1.03 bits per heavy atom. The number of nitro benzene ring substituents is 1. The summed E-state index contributed by atoms with van der Waals surface area (Å²) in [6.45, 7) is 3.12. The van der Waals surface area contributed by atoms with E-state index in [-0.39, 0.29) is 17.2 Å². The molecule has 0 aromatic heterocycles. The van der Waals surface area contributed by atoms with Crippen LogP contribution in [0.2, 0.25) is 0 Å². The molecule has 1 fully saturated rings. The minimum atomic E-state index is -0.495. The zero-order valence-corrected chi connectivity index (χ0v) is 18.4. The Labute approximate surface area is 196 Å². The number of likely N-dealkylation sites (tertiary alicyclic amines) is 1. The molecule has 0 aliphatic carbocycles. The summed E-state index contributed by atoms with van der Waals surface area (Å²) in [4.78, 5) is 26.2. The highest BCUT2D eigenvalue weighted by Crippen LogP contribution is 2.39. The average molecular weight is 458 g/mol. The van der Waals surface area contributed by atoms with E-state index >= 15 is 0 Å². The summed E-state index contributed by atoms with van der Waals surface area (Å²) in [6.07, 6.45) is 2.46.